The van der Waals surface area contributed by atoms with E-state index in [1.807, 2.05) is 0 Å². The predicted octanol–water partition coefficient (Wildman–Crippen LogP) is 2.04. The zero-order valence-electron chi connectivity index (χ0n) is 9.53. The van der Waals surface area contributed by atoms with E-state index in [0.29, 0.717) is 16.2 Å². The molecule has 0 saturated carbocycles. The minimum atomic E-state index is -0.737. The number of benzene rings is 1. The molecule has 0 bridgehead atoms. The Bertz CT molecular complexity index is 632. The lowest BCUT2D eigenvalue weighted by atomic mass is 10.1. The number of amides is 1. The first-order valence-corrected chi connectivity index (χ1v) is 5.51. The number of carbonyl (C=O) groups is 2. The lowest BCUT2D eigenvalue weighted by molar-refractivity contribution is -0.121. The van der Waals surface area contributed by atoms with Crippen molar-refractivity contribution in [1.29, 1.82) is 0 Å². The largest absolute Gasteiger partial charge is 0.450 e. The average Bonchev–Trinajstić information content (AvgIpc) is 2.66. The van der Waals surface area contributed by atoms with Crippen molar-refractivity contribution in [1.82, 2.24) is 0 Å². The molecule has 0 aliphatic carbocycles. The summed E-state index contributed by atoms with van der Waals surface area (Å²) in [6.07, 6.45) is 0. The summed E-state index contributed by atoms with van der Waals surface area (Å²) in [6.45, 7) is 1.23. The molecule has 1 aromatic heterocycles. The van der Waals surface area contributed by atoms with Crippen LogP contribution in [-0.2, 0) is 9.53 Å². The fraction of sp³-hybridized carbons (Fsp3) is 0.167. The predicted molar refractivity (Wildman–Crippen MR) is 65.4 cm³/mol. The molecule has 18 heavy (non-hydrogen) atoms. The van der Waals surface area contributed by atoms with E-state index >= 15 is 0 Å². The van der Waals surface area contributed by atoms with Gasteiger partial charge in [-0.25, -0.2) is 4.79 Å². The number of hydrogen-bond donors (Lipinski definition) is 1. The summed E-state index contributed by atoms with van der Waals surface area (Å²) in [5.74, 6) is -1.44. The van der Waals surface area contributed by atoms with Crippen molar-refractivity contribution in [3.8, 4) is 0 Å². The summed E-state index contributed by atoms with van der Waals surface area (Å²) in [4.78, 5) is 22.2. The Morgan fingerprint density at radius 1 is 1.44 bits per heavy atom. The Balaban J connectivity index is 2.40. The van der Waals surface area contributed by atoms with Gasteiger partial charge in [-0.1, -0.05) is 23.7 Å². The molecule has 0 spiro atoms. The topological polar surface area (TPSA) is 82.5 Å². The van der Waals surface area contributed by atoms with Crippen LogP contribution in [0.15, 0.2) is 22.6 Å². The second kappa shape index (κ2) is 4.70. The van der Waals surface area contributed by atoms with Gasteiger partial charge in [0.25, 0.3) is 5.91 Å². The molecule has 0 aliphatic rings. The van der Waals surface area contributed by atoms with Crippen LogP contribution >= 0.6 is 11.6 Å². The number of aryl methyl sites for hydroxylation is 1. The van der Waals surface area contributed by atoms with Crippen LogP contribution in [0.5, 0.6) is 0 Å². The Kier molecular flexibility index (Phi) is 3.25. The molecule has 0 radical (unpaired) electrons. The Labute approximate surface area is 107 Å². The van der Waals surface area contributed by atoms with Crippen LogP contribution in [0.2, 0.25) is 5.02 Å². The number of nitrogens with two attached hydrogens (primary N) is 1. The molecule has 2 aromatic rings. The van der Waals surface area contributed by atoms with Gasteiger partial charge < -0.3 is 14.9 Å². The number of primary amides is 1. The molecule has 0 aliphatic heterocycles. The highest BCUT2D eigenvalue weighted by Gasteiger charge is 2.20. The molecular weight excluding hydrogens is 258 g/mol. The van der Waals surface area contributed by atoms with Gasteiger partial charge in [-0.05, 0) is 13.0 Å². The van der Waals surface area contributed by atoms with E-state index in [4.69, 9.17) is 21.8 Å². The smallest absolute Gasteiger partial charge is 0.375 e. The van der Waals surface area contributed by atoms with Crippen molar-refractivity contribution in [2.24, 2.45) is 5.73 Å². The molecule has 0 atom stereocenters. The first-order valence-electron chi connectivity index (χ1n) is 5.13. The monoisotopic (exact) mass is 267 g/mol. The van der Waals surface area contributed by atoms with E-state index in [0.717, 1.165) is 5.39 Å². The van der Waals surface area contributed by atoms with Gasteiger partial charge in [0.1, 0.15) is 0 Å². The molecule has 1 heterocycles. The van der Waals surface area contributed by atoms with Crippen LogP contribution in [0.1, 0.15) is 16.1 Å². The number of para-hydroxylation sites is 1. The fourth-order valence-corrected chi connectivity index (χ4v) is 1.82. The highest BCUT2D eigenvalue weighted by Crippen LogP contribution is 2.30. The first-order chi connectivity index (χ1) is 8.50. The number of carbonyl (C=O) groups excluding carboxylic acids is 2. The molecule has 5 nitrogen and oxygen atoms in total. The van der Waals surface area contributed by atoms with Crippen molar-refractivity contribution in [3.05, 3.63) is 34.5 Å². The van der Waals surface area contributed by atoms with E-state index in [1.54, 1.807) is 25.1 Å². The van der Waals surface area contributed by atoms with Crippen LogP contribution in [0, 0.1) is 6.92 Å². The van der Waals surface area contributed by atoms with Gasteiger partial charge in [-0.3, -0.25) is 4.79 Å². The zero-order chi connectivity index (χ0) is 13.3. The number of furan rings is 1. The Morgan fingerprint density at radius 3 is 2.78 bits per heavy atom. The molecule has 6 heteroatoms. The molecule has 0 saturated heterocycles. The van der Waals surface area contributed by atoms with E-state index in [1.165, 1.54) is 0 Å². The lowest BCUT2D eigenvalue weighted by Crippen LogP contribution is -2.20. The molecular formula is C12H10ClNO4. The van der Waals surface area contributed by atoms with Crippen molar-refractivity contribution >= 4 is 34.4 Å². The second-order valence-corrected chi connectivity index (χ2v) is 4.12. The fourth-order valence-electron chi connectivity index (χ4n) is 1.61. The third-order valence-corrected chi connectivity index (χ3v) is 2.74. The number of ether oxygens (including phenoxy) is 1. The third kappa shape index (κ3) is 2.17. The van der Waals surface area contributed by atoms with Crippen LogP contribution in [0.4, 0.5) is 0 Å². The van der Waals surface area contributed by atoms with E-state index in [2.05, 4.69) is 4.74 Å². The summed E-state index contributed by atoms with van der Waals surface area (Å²) in [5, 5.41) is 1.14. The van der Waals surface area contributed by atoms with Crippen molar-refractivity contribution in [3.63, 3.8) is 0 Å². The number of halogens is 1. The molecule has 2 rings (SSSR count). The van der Waals surface area contributed by atoms with Crippen LogP contribution in [-0.4, -0.2) is 18.5 Å². The maximum absolute atomic E-state index is 11.7. The lowest BCUT2D eigenvalue weighted by Gasteiger charge is -1.99. The molecule has 0 unspecified atom stereocenters. The summed E-state index contributed by atoms with van der Waals surface area (Å²) in [7, 11) is 0. The van der Waals surface area contributed by atoms with E-state index in [9.17, 15) is 9.59 Å². The normalized spacial score (nSPS) is 10.6. The minimum absolute atomic E-state index is 0.0272. The standard InChI is InChI=1S/C12H10ClNO4/c1-6-7-3-2-4-8(13)11(7)18-10(6)12(16)17-5-9(14)15/h2-4H,5H2,1H3,(H2,14,15). The Hall–Kier alpha value is -2.01. The number of esters is 1. The summed E-state index contributed by atoms with van der Waals surface area (Å²) in [6, 6.07) is 5.20. The van der Waals surface area contributed by atoms with E-state index in [-0.39, 0.29) is 5.76 Å². The zero-order valence-corrected chi connectivity index (χ0v) is 10.3. The summed E-state index contributed by atoms with van der Waals surface area (Å²) >= 11 is 5.95. The average molecular weight is 268 g/mol. The highest BCUT2D eigenvalue weighted by molar-refractivity contribution is 6.35. The maximum atomic E-state index is 11.7. The molecule has 1 aromatic carbocycles. The van der Waals surface area contributed by atoms with Crippen molar-refractivity contribution in [2.45, 2.75) is 6.92 Å². The van der Waals surface area contributed by atoms with Gasteiger partial charge in [0, 0.05) is 10.9 Å². The quantitative estimate of drug-likeness (QED) is 0.863. The van der Waals surface area contributed by atoms with Gasteiger partial charge in [0.05, 0.1) is 5.02 Å². The molecule has 0 fully saturated rings. The van der Waals surface area contributed by atoms with Gasteiger partial charge in [0.15, 0.2) is 12.2 Å². The van der Waals surface area contributed by atoms with Crippen LogP contribution < -0.4 is 5.73 Å². The second-order valence-electron chi connectivity index (χ2n) is 3.72. The SMILES string of the molecule is Cc1c(C(=O)OCC(N)=O)oc2c(Cl)cccc12. The number of fused-ring (bicyclic) bond motifs is 1. The maximum Gasteiger partial charge on any atom is 0.375 e. The third-order valence-electron chi connectivity index (χ3n) is 2.45. The Morgan fingerprint density at radius 2 is 2.17 bits per heavy atom. The number of hydrogen-bond acceptors (Lipinski definition) is 4. The summed E-state index contributed by atoms with van der Waals surface area (Å²) < 4.78 is 10.1. The molecule has 1 amide bonds. The minimum Gasteiger partial charge on any atom is -0.450 e. The van der Waals surface area contributed by atoms with Crippen LogP contribution in [0.3, 0.4) is 0 Å². The van der Waals surface area contributed by atoms with Crippen molar-refractivity contribution < 1.29 is 18.7 Å². The van der Waals surface area contributed by atoms with E-state index < -0.39 is 18.5 Å². The van der Waals surface area contributed by atoms with Gasteiger partial charge in [0.2, 0.25) is 5.76 Å². The summed E-state index contributed by atoms with van der Waals surface area (Å²) in [5.41, 5.74) is 5.92. The van der Waals surface area contributed by atoms with Gasteiger partial charge in [-0.2, -0.15) is 0 Å². The first kappa shape index (κ1) is 12.4. The van der Waals surface area contributed by atoms with Gasteiger partial charge in [-0.15, -0.1) is 0 Å². The van der Waals surface area contributed by atoms with Crippen LogP contribution in [0.25, 0.3) is 11.0 Å². The highest BCUT2D eigenvalue weighted by atomic mass is 35.5. The molecule has 94 valence electrons. The van der Waals surface area contributed by atoms with Gasteiger partial charge >= 0.3 is 5.97 Å². The molecule has 2 N–H and O–H groups in total. The van der Waals surface area contributed by atoms with Crippen molar-refractivity contribution in [2.75, 3.05) is 6.61 Å². The number of rotatable bonds is 3.